The number of para-hydroxylation sites is 3. The van der Waals surface area contributed by atoms with Crippen LogP contribution in [0, 0.1) is 0 Å². The molecule has 2 nitrogen and oxygen atoms in total. The van der Waals surface area contributed by atoms with Crippen molar-refractivity contribution in [2.75, 3.05) is 0 Å². The highest BCUT2D eigenvalue weighted by Crippen LogP contribution is 2.41. The van der Waals surface area contributed by atoms with E-state index in [1.807, 2.05) is 0 Å². The van der Waals surface area contributed by atoms with Crippen molar-refractivity contribution < 1.29 is 0 Å². The molecule has 9 aromatic carbocycles. The molecule has 0 aliphatic heterocycles. The first-order chi connectivity index (χ1) is 28.3. The maximum Gasteiger partial charge on any atom is 0.179 e. The molecular weight excluding hydrogens is 705 g/mol. The Morgan fingerprint density at radius 3 is 1.32 bits per heavy atom. The lowest BCUT2D eigenvalue weighted by atomic mass is 10.0. The molecule has 0 spiro atoms. The fourth-order valence-electron chi connectivity index (χ4n) is 9.44. The van der Waals surface area contributed by atoms with E-state index in [4.69, 9.17) is 0 Å². The van der Waals surface area contributed by atoms with Gasteiger partial charge in [0, 0.05) is 38.5 Å². The average Bonchev–Trinajstić information content (AvgIpc) is 3.81. The molecule has 0 aliphatic rings. The Morgan fingerprint density at radius 2 is 0.737 bits per heavy atom. The molecule has 0 aliphatic carbocycles. The van der Waals surface area contributed by atoms with E-state index in [0.717, 1.165) is 11.4 Å². The predicted octanol–water partition coefficient (Wildman–Crippen LogP) is 10.9. The number of fused-ring (bicyclic) bond motifs is 6. The summed E-state index contributed by atoms with van der Waals surface area (Å²) in [6.07, 6.45) is 0. The quantitative estimate of drug-likeness (QED) is 0.114. The first kappa shape index (κ1) is 33.2. The van der Waals surface area contributed by atoms with Crippen LogP contribution in [-0.2, 0) is 0 Å². The summed E-state index contributed by atoms with van der Waals surface area (Å²) in [5.41, 5.74) is 9.50. The molecule has 0 unspecified atom stereocenters. The van der Waals surface area contributed by atoms with E-state index < -0.39 is 8.07 Å². The third-order valence-corrected chi connectivity index (χ3v) is 16.6. The van der Waals surface area contributed by atoms with Crippen LogP contribution in [0.2, 0.25) is 0 Å². The van der Waals surface area contributed by atoms with Crippen LogP contribution >= 0.6 is 0 Å². The maximum absolute atomic E-state index is 2.78. The monoisotopic (exact) mass is 742 g/mol. The average molecular weight is 743 g/mol. The van der Waals surface area contributed by atoms with Gasteiger partial charge in [-0.05, 0) is 68.8 Å². The number of hydrogen-bond donors (Lipinski definition) is 0. The summed E-state index contributed by atoms with van der Waals surface area (Å²) in [6, 6.07) is 85.3. The van der Waals surface area contributed by atoms with Crippen molar-refractivity contribution in [3.63, 3.8) is 0 Å². The molecule has 0 fully saturated rings. The van der Waals surface area contributed by atoms with Crippen LogP contribution in [0.5, 0.6) is 0 Å². The third kappa shape index (κ3) is 5.17. The zero-order valence-corrected chi connectivity index (χ0v) is 32.3. The smallest absolute Gasteiger partial charge is 0.179 e. The molecule has 0 bridgehead atoms. The van der Waals surface area contributed by atoms with E-state index in [9.17, 15) is 0 Å². The fourth-order valence-corrected chi connectivity index (χ4v) is 14.2. The normalized spacial score (nSPS) is 11.9. The minimum atomic E-state index is -2.78. The molecule has 2 heterocycles. The molecule has 268 valence electrons. The molecule has 0 saturated heterocycles. The molecule has 11 aromatic rings. The van der Waals surface area contributed by atoms with Gasteiger partial charge >= 0.3 is 0 Å². The topological polar surface area (TPSA) is 9.86 Å². The van der Waals surface area contributed by atoms with Crippen molar-refractivity contribution in [1.29, 1.82) is 0 Å². The summed E-state index contributed by atoms with van der Waals surface area (Å²) in [4.78, 5) is 0. The predicted molar refractivity (Wildman–Crippen MR) is 244 cm³/mol. The van der Waals surface area contributed by atoms with Gasteiger partial charge in [-0.1, -0.05) is 188 Å². The van der Waals surface area contributed by atoms with Crippen molar-refractivity contribution in [2.24, 2.45) is 0 Å². The SMILES string of the molecule is c1ccc(-c2cc(-n3c4ccccc4c4ccc([Si](c5ccccc5)(c5ccccc5)c5ccccc5)cc43)cc3c4ccccc4n(-c4ccccc4)c23)cc1. The van der Waals surface area contributed by atoms with E-state index in [2.05, 4.69) is 240 Å². The van der Waals surface area contributed by atoms with Crippen LogP contribution in [0.15, 0.2) is 231 Å². The summed E-state index contributed by atoms with van der Waals surface area (Å²) in [6.45, 7) is 0. The van der Waals surface area contributed by atoms with E-state index in [0.29, 0.717) is 0 Å². The highest BCUT2D eigenvalue weighted by molar-refractivity contribution is 7.20. The van der Waals surface area contributed by atoms with Gasteiger partial charge in [-0.3, -0.25) is 0 Å². The molecule has 57 heavy (non-hydrogen) atoms. The second-order valence-corrected chi connectivity index (χ2v) is 18.7. The van der Waals surface area contributed by atoms with Crippen molar-refractivity contribution in [2.45, 2.75) is 0 Å². The van der Waals surface area contributed by atoms with Gasteiger partial charge in [-0.25, -0.2) is 0 Å². The zero-order valence-electron chi connectivity index (χ0n) is 31.3. The second-order valence-electron chi connectivity index (χ2n) is 14.9. The summed E-state index contributed by atoms with van der Waals surface area (Å²) in [5.74, 6) is 0. The first-order valence-electron chi connectivity index (χ1n) is 19.7. The van der Waals surface area contributed by atoms with Gasteiger partial charge < -0.3 is 9.13 Å². The van der Waals surface area contributed by atoms with Crippen LogP contribution in [0.4, 0.5) is 0 Å². The molecule has 2 aromatic heterocycles. The molecule has 0 amide bonds. The number of hydrogen-bond acceptors (Lipinski definition) is 0. The van der Waals surface area contributed by atoms with Crippen molar-refractivity contribution in [3.8, 4) is 22.5 Å². The second kappa shape index (κ2) is 13.5. The van der Waals surface area contributed by atoms with Crippen molar-refractivity contribution >= 4 is 72.4 Å². The van der Waals surface area contributed by atoms with E-state index in [1.54, 1.807) is 0 Å². The lowest BCUT2D eigenvalue weighted by Gasteiger charge is -2.34. The van der Waals surface area contributed by atoms with Gasteiger partial charge in [0.1, 0.15) is 0 Å². The van der Waals surface area contributed by atoms with Crippen molar-refractivity contribution in [3.05, 3.63) is 231 Å². The molecule has 0 saturated carbocycles. The number of rotatable bonds is 7. The van der Waals surface area contributed by atoms with Crippen LogP contribution in [0.25, 0.3) is 66.1 Å². The first-order valence-corrected chi connectivity index (χ1v) is 21.7. The minimum absolute atomic E-state index is 1.15. The number of aromatic nitrogens is 2. The van der Waals surface area contributed by atoms with Gasteiger partial charge in [-0.2, -0.15) is 0 Å². The summed E-state index contributed by atoms with van der Waals surface area (Å²) in [5, 5.41) is 10.4. The highest BCUT2D eigenvalue weighted by atomic mass is 28.3. The standard InChI is InChI=1S/C54H38N2Si/c1-6-20-39(21-7-1)49-36-41(37-50-47-31-17-19-33-52(47)56(54(49)50)40-22-8-2-9-23-40)55-51-32-18-16-30-46(51)48-35-34-45(38-53(48)55)57(42-24-10-3-11-25-42,43-26-12-4-13-27-43)44-28-14-5-15-29-44/h1-38H. The van der Waals surface area contributed by atoms with Crippen LogP contribution in [0.3, 0.4) is 0 Å². The molecule has 0 radical (unpaired) electrons. The Bertz CT molecular complexity index is 3110. The van der Waals surface area contributed by atoms with Crippen molar-refractivity contribution in [1.82, 2.24) is 9.13 Å². The summed E-state index contributed by atoms with van der Waals surface area (Å²) in [7, 11) is -2.78. The number of nitrogens with zero attached hydrogens (tertiary/aromatic N) is 2. The van der Waals surface area contributed by atoms with E-state index in [-0.39, 0.29) is 0 Å². The van der Waals surface area contributed by atoms with Gasteiger partial charge in [0.05, 0.1) is 22.1 Å². The molecule has 0 N–H and O–H groups in total. The van der Waals surface area contributed by atoms with E-state index >= 15 is 0 Å². The minimum Gasteiger partial charge on any atom is -0.309 e. The highest BCUT2D eigenvalue weighted by Gasteiger charge is 2.41. The Kier molecular flexibility index (Phi) is 7.87. The van der Waals surface area contributed by atoms with Gasteiger partial charge in [-0.15, -0.1) is 0 Å². The fraction of sp³-hybridized carbons (Fsp3) is 0. The van der Waals surface area contributed by atoms with E-state index in [1.165, 1.54) is 75.5 Å². The van der Waals surface area contributed by atoms with Crippen LogP contribution in [-0.4, -0.2) is 17.2 Å². The van der Waals surface area contributed by atoms with Crippen LogP contribution < -0.4 is 20.7 Å². The van der Waals surface area contributed by atoms with Crippen LogP contribution in [0.1, 0.15) is 0 Å². The lowest BCUT2D eigenvalue weighted by Crippen LogP contribution is -2.74. The summed E-state index contributed by atoms with van der Waals surface area (Å²) < 4.78 is 4.97. The Labute approximate surface area is 333 Å². The van der Waals surface area contributed by atoms with Gasteiger partial charge in [0.25, 0.3) is 0 Å². The lowest BCUT2D eigenvalue weighted by molar-refractivity contribution is 1.17. The Balaban J connectivity index is 1.27. The molecule has 11 rings (SSSR count). The molecular formula is C54H38N2Si. The number of benzene rings is 9. The Hall–Kier alpha value is -7.20. The van der Waals surface area contributed by atoms with Gasteiger partial charge in [0.15, 0.2) is 8.07 Å². The summed E-state index contributed by atoms with van der Waals surface area (Å²) >= 11 is 0. The molecule has 3 heteroatoms. The van der Waals surface area contributed by atoms with Gasteiger partial charge in [0.2, 0.25) is 0 Å². The largest absolute Gasteiger partial charge is 0.309 e. The Morgan fingerprint density at radius 1 is 0.281 bits per heavy atom. The molecule has 0 atom stereocenters. The third-order valence-electron chi connectivity index (χ3n) is 11.8. The zero-order chi connectivity index (χ0) is 37.8. The maximum atomic E-state index is 2.52.